The van der Waals surface area contributed by atoms with Crippen LogP contribution in [-0.4, -0.2) is 30.7 Å². The molecule has 0 heterocycles. The van der Waals surface area contributed by atoms with Crippen molar-refractivity contribution in [3.8, 4) is 11.5 Å². The molecule has 0 aliphatic carbocycles. The van der Waals surface area contributed by atoms with Crippen molar-refractivity contribution in [2.45, 2.75) is 6.42 Å². The average Bonchev–Trinajstić information content (AvgIpc) is 2.29. The highest BCUT2D eigenvalue weighted by atomic mass is 16.5. The Morgan fingerprint density at radius 2 is 2.00 bits per heavy atom. The number of carbonyl (C=O) groups is 2. The van der Waals surface area contributed by atoms with Crippen LogP contribution in [0.2, 0.25) is 0 Å². The van der Waals surface area contributed by atoms with Gasteiger partial charge in [0.05, 0.1) is 31.4 Å². The summed E-state index contributed by atoms with van der Waals surface area (Å²) in [5.74, 6) is -1.19. The van der Waals surface area contributed by atoms with E-state index in [0.29, 0.717) is 5.75 Å². The van der Waals surface area contributed by atoms with E-state index in [1.807, 2.05) is 0 Å². The third kappa shape index (κ3) is 3.27. The van der Waals surface area contributed by atoms with Gasteiger partial charge in [0, 0.05) is 12.1 Å². The van der Waals surface area contributed by atoms with E-state index < -0.39 is 11.9 Å². The van der Waals surface area contributed by atoms with E-state index in [1.165, 1.54) is 19.2 Å². The summed E-state index contributed by atoms with van der Waals surface area (Å²) in [7, 11) is 1.40. The molecule has 1 amide bonds. The summed E-state index contributed by atoms with van der Waals surface area (Å²) in [4.78, 5) is 21.5. The Kier molecular flexibility index (Phi) is 4.36. The minimum atomic E-state index is -1.17. The van der Waals surface area contributed by atoms with Gasteiger partial charge in [-0.05, 0) is 0 Å². The lowest BCUT2D eigenvalue weighted by Gasteiger charge is -2.12. The predicted octanol–water partition coefficient (Wildman–Crippen LogP) is 0.230. The highest BCUT2D eigenvalue weighted by Crippen LogP contribution is 2.32. The first-order chi connectivity index (χ1) is 8.45. The number of primary amides is 1. The smallest absolute Gasteiger partial charge is 0.337 e. The molecule has 1 aromatic carbocycles. The van der Waals surface area contributed by atoms with Gasteiger partial charge in [-0.3, -0.25) is 4.79 Å². The highest BCUT2D eigenvalue weighted by molar-refractivity contribution is 5.94. The summed E-state index contributed by atoms with van der Waals surface area (Å²) in [6.45, 7) is 0.0364. The van der Waals surface area contributed by atoms with Crippen molar-refractivity contribution in [1.82, 2.24) is 0 Å². The Balaban J connectivity index is 2.97. The van der Waals surface area contributed by atoms with Crippen molar-refractivity contribution in [3.63, 3.8) is 0 Å². The molecule has 18 heavy (non-hydrogen) atoms. The number of hydrogen-bond acceptors (Lipinski definition) is 5. The Hall–Kier alpha value is -2.44. The molecular formula is C11H14N2O5. The molecule has 5 N–H and O–H groups in total. The van der Waals surface area contributed by atoms with Crippen LogP contribution in [0.4, 0.5) is 5.69 Å². The van der Waals surface area contributed by atoms with Crippen LogP contribution in [0, 0.1) is 0 Å². The molecule has 0 atom stereocenters. The third-order valence-corrected chi connectivity index (χ3v) is 2.17. The summed E-state index contributed by atoms with van der Waals surface area (Å²) in [5.41, 5.74) is 10.5. The van der Waals surface area contributed by atoms with E-state index in [9.17, 15) is 9.59 Å². The lowest BCUT2D eigenvalue weighted by atomic mass is 10.1. The van der Waals surface area contributed by atoms with E-state index in [-0.39, 0.29) is 30.0 Å². The molecule has 1 rings (SSSR count). The number of ether oxygens (including phenoxy) is 2. The van der Waals surface area contributed by atoms with Crippen molar-refractivity contribution in [1.29, 1.82) is 0 Å². The molecule has 1 aromatic rings. The standard InChI is InChI=1S/C11H14N2O5/c1-17-8-5-7(12)6(11(15)16)4-9(8)18-3-2-10(13)14/h4-5H,2-3,12H2,1H3,(H2,13,14)(H,15,16). The van der Waals surface area contributed by atoms with Gasteiger partial charge in [-0.2, -0.15) is 0 Å². The van der Waals surface area contributed by atoms with Crippen LogP contribution in [0.25, 0.3) is 0 Å². The topological polar surface area (TPSA) is 125 Å². The van der Waals surface area contributed by atoms with Gasteiger partial charge in [-0.1, -0.05) is 0 Å². The van der Waals surface area contributed by atoms with Crippen molar-refractivity contribution in [3.05, 3.63) is 17.7 Å². The molecule has 7 nitrogen and oxygen atoms in total. The first-order valence-corrected chi connectivity index (χ1v) is 5.07. The average molecular weight is 254 g/mol. The zero-order valence-electron chi connectivity index (χ0n) is 9.80. The Morgan fingerprint density at radius 3 is 2.50 bits per heavy atom. The maximum absolute atomic E-state index is 10.9. The van der Waals surface area contributed by atoms with Crippen LogP contribution in [0.3, 0.4) is 0 Å². The fourth-order valence-electron chi connectivity index (χ4n) is 1.29. The summed E-state index contributed by atoms with van der Waals surface area (Å²) >= 11 is 0. The fourth-order valence-corrected chi connectivity index (χ4v) is 1.29. The van der Waals surface area contributed by atoms with E-state index in [1.54, 1.807) is 0 Å². The van der Waals surface area contributed by atoms with Crippen LogP contribution < -0.4 is 20.9 Å². The number of carboxylic acids is 1. The zero-order chi connectivity index (χ0) is 13.7. The molecule has 0 saturated heterocycles. The maximum atomic E-state index is 10.9. The molecule has 98 valence electrons. The molecule has 0 spiro atoms. The molecule has 0 unspecified atom stereocenters. The van der Waals surface area contributed by atoms with Crippen molar-refractivity contribution < 1.29 is 24.2 Å². The van der Waals surface area contributed by atoms with Gasteiger partial charge in [-0.15, -0.1) is 0 Å². The van der Waals surface area contributed by atoms with Gasteiger partial charge in [0.15, 0.2) is 11.5 Å². The Labute approximate surface area is 103 Å². The third-order valence-electron chi connectivity index (χ3n) is 2.17. The number of nitrogens with two attached hydrogens (primary N) is 2. The molecule has 7 heteroatoms. The molecule has 0 aliphatic rings. The van der Waals surface area contributed by atoms with E-state index in [2.05, 4.69) is 0 Å². The van der Waals surface area contributed by atoms with Crippen LogP contribution in [-0.2, 0) is 4.79 Å². The number of aromatic carboxylic acids is 1. The van der Waals surface area contributed by atoms with Gasteiger partial charge in [-0.25, -0.2) is 4.79 Å². The number of hydrogen-bond donors (Lipinski definition) is 3. The van der Waals surface area contributed by atoms with Crippen LogP contribution >= 0.6 is 0 Å². The minimum Gasteiger partial charge on any atom is -0.493 e. The van der Waals surface area contributed by atoms with Gasteiger partial charge in [0.2, 0.25) is 5.91 Å². The van der Waals surface area contributed by atoms with Crippen LogP contribution in [0.15, 0.2) is 12.1 Å². The number of nitrogen functional groups attached to an aromatic ring is 1. The van der Waals surface area contributed by atoms with Crippen molar-refractivity contribution in [2.24, 2.45) is 5.73 Å². The molecule has 0 aliphatic heterocycles. The largest absolute Gasteiger partial charge is 0.493 e. The SMILES string of the molecule is COc1cc(N)c(C(=O)O)cc1OCCC(N)=O. The Morgan fingerprint density at radius 1 is 1.33 bits per heavy atom. The zero-order valence-corrected chi connectivity index (χ0v) is 9.80. The number of anilines is 1. The molecule has 0 aromatic heterocycles. The van der Waals surface area contributed by atoms with Gasteiger partial charge in [0.1, 0.15) is 0 Å². The molecular weight excluding hydrogens is 240 g/mol. The van der Waals surface area contributed by atoms with E-state index >= 15 is 0 Å². The molecule has 0 saturated carbocycles. The first kappa shape index (κ1) is 13.6. The number of benzene rings is 1. The molecule has 0 fully saturated rings. The Bertz CT molecular complexity index is 473. The summed E-state index contributed by atoms with van der Waals surface area (Å²) in [5, 5.41) is 8.92. The molecule has 0 bridgehead atoms. The highest BCUT2D eigenvalue weighted by Gasteiger charge is 2.14. The number of carbonyl (C=O) groups excluding carboxylic acids is 1. The predicted molar refractivity (Wildman–Crippen MR) is 63.7 cm³/mol. The van der Waals surface area contributed by atoms with E-state index in [4.69, 9.17) is 26.0 Å². The first-order valence-electron chi connectivity index (χ1n) is 5.07. The number of rotatable bonds is 6. The van der Waals surface area contributed by atoms with Crippen molar-refractivity contribution in [2.75, 3.05) is 19.5 Å². The van der Waals surface area contributed by atoms with E-state index in [0.717, 1.165) is 0 Å². The van der Waals surface area contributed by atoms with Gasteiger partial charge in [0.25, 0.3) is 0 Å². The van der Waals surface area contributed by atoms with Crippen LogP contribution in [0.5, 0.6) is 11.5 Å². The fraction of sp³-hybridized carbons (Fsp3) is 0.273. The molecule has 0 radical (unpaired) electrons. The summed E-state index contributed by atoms with van der Waals surface area (Å²) in [6.07, 6.45) is 0.0237. The monoisotopic (exact) mass is 254 g/mol. The van der Waals surface area contributed by atoms with Gasteiger partial charge < -0.3 is 26.0 Å². The number of carboxylic acid groups (broad SMARTS) is 1. The summed E-state index contributed by atoms with van der Waals surface area (Å²) in [6, 6.07) is 2.60. The minimum absolute atomic E-state index is 0.0237. The quantitative estimate of drug-likeness (QED) is 0.624. The second-order valence-corrected chi connectivity index (χ2v) is 3.46. The maximum Gasteiger partial charge on any atom is 0.337 e. The van der Waals surface area contributed by atoms with Crippen molar-refractivity contribution >= 4 is 17.6 Å². The second-order valence-electron chi connectivity index (χ2n) is 3.46. The summed E-state index contributed by atoms with van der Waals surface area (Å²) < 4.78 is 10.2. The number of amides is 1. The number of methoxy groups -OCH3 is 1. The lowest BCUT2D eigenvalue weighted by Crippen LogP contribution is -2.15. The normalized spacial score (nSPS) is 9.83. The lowest BCUT2D eigenvalue weighted by molar-refractivity contribution is -0.118. The second kappa shape index (κ2) is 5.76. The van der Waals surface area contributed by atoms with Crippen LogP contribution in [0.1, 0.15) is 16.8 Å². The van der Waals surface area contributed by atoms with Gasteiger partial charge >= 0.3 is 5.97 Å².